The van der Waals surface area contributed by atoms with Crippen LogP contribution in [-0.2, 0) is 0 Å². The smallest absolute Gasteiger partial charge is 0.235 e. The van der Waals surface area contributed by atoms with Crippen LogP contribution in [0.25, 0.3) is 134 Å². The van der Waals surface area contributed by atoms with Crippen molar-refractivity contribution in [3.63, 3.8) is 0 Å². The quantitative estimate of drug-likeness (QED) is 0.179. The van der Waals surface area contributed by atoms with E-state index in [4.69, 9.17) is 14.4 Å². The van der Waals surface area contributed by atoms with E-state index in [1.54, 1.807) is 11.3 Å². The molecule has 0 aliphatic heterocycles. The van der Waals surface area contributed by atoms with Crippen molar-refractivity contribution in [2.75, 3.05) is 0 Å². The van der Waals surface area contributed by atoms with E-state index < -0.39 is 0 Å². The first kappa shape index (κ1) is 32.6. The number of fused-ring (bicyclic) bond motifs is 16. The number of hydrogen-bond donors (Lipinski definition) is 0. The van der Waals surface area contributed by atoms with Gasteiger partial charge in [0.2, 0.25) is 5.95 Å². The van der Waals surface area contributed by atoms with Crippen LogP contribution in [0.15, 0.2) is 180 Å². The van der Waals surface area contributed by atoms with Gasteiger partial charge in [0.1, 0.15) is 11.2 Å². The molecule has 0 aliphatic rings. The largest absolute Gasteiger partial charge is 0.455 e. The average Bonchev–Trinajstić information content (AvgIpc) is 4.07. The monoisotopic (exact) mass is 799 g/mol. The number of nitrogens with zero attached hydrogens (tertiary/aromatic N) is 3. The molecule has 0 amide bonds. The molecule has 0 aliphatic carbocycles. The summed E-state index contributed by atoms with van der Waals surface area (Å²) in [6.07, 6.45) is 0. The lowest BCUT2D eigenvalue weighted by molar-refractivity contribution is 0.673. The minimum Gasteiger partial charge on any atom is -0.455 e. The SMILES string of the molecule is c1ccc2cc(-c3nc(-n4c5ccccc5c5c6oc7cc(-c8ccc9sc%10ccccc%10c9c8)c8ccccc8c7c6ccc54)nc4c3sc3ccccc34)ccc2c1. The summed E-state index contributed by atoms with van der Waals surface area (Å²) in [6.45, 7) is 0. The van der Waals surface area contributed by atoms with Gasteiger partial charge in [0.05, 0.1) is 32.3 Å². The van der Waals surface area contributed by atoms with Crippen LogP contribution in [0, 0.1) is 0 Å². The van der Waals surface area contributed by atoms with Gasteiger partial charge in [0.25, 0.3) is 0 Å². The topological polar surface area (TPSA) is 43.9 Å². The second-order valence-corrected chi connectivity index (χ2v) is 17.8. The third kappa shape index (κ3) is 4.49. The fourth-order valence-electron chi connectivity index (χ4n) is 9.71. The number of benzene rings is 9. The van der Waals surface area contributed by atoms with E-state index >= 15 is 0 Å². The van der Waals surface area contributed by atoms with E-state index in [1.165, 1.54) is 57.5 Å². The van der Waals surface area contributed by atoms with Crippen LogP contribution < -0.4 is 0 Å². The summed E-state index contributed by atoms with van der Waals surface area (Å²) in [5.41, 5.74) is 9.10. The molecule has 0 saturated carbocycles. The van der Waals surface area contributed by atoms with Crippen molar-refractivity contribution in [2.45, 2.75) is 0 Å². The van der Waals surface area contributed by atoms with Crippen LogP contribution in [0.2, 0.25) is 0 Å². The zero-order valence-corrected chi connectivity index (χ0v) is 33.4. The van der Waals surface area contributed by atoms with E-state index in [-0.39, 0.29) is 0 Å². The predicted molar refractivity (Wildman–Crippen MR) is 255 cm³/mol. The lowest BCUT2D eigenvalue weighted by atomic mass is 9.94. The van der Waals surface area contributed by atoms with Crippen LogP contribution in [-0.4, -0.2) is 14.5 Å². The van der Waals surface area contributed by atoms with Gasteiger partial charge in [-0.2, -0.15) is 0 Å². The van der Waals surface area contributed by atoms with Gasteiger partial charge in [0, 0.05) is 52.0 Å². The molecule has 14 rings (SSSR count). The molecule has 0 radical (unpaired) electrons. The summed E-state index contributed by atoms with van der Waals surface area (Å²) in [5, 5.41) is 12.9. The molecule has 5 aromatic heterocycles. The molecule has 9 aromatic carbocycles. The van der Waals surface area contributed by atoms with E-state index in [9.17, 15) is 0 Å². The Kier molecular flexibility index (Phi) is 6.56. The van der Waals surface area contributed by atoms with Gasteiger partial charge in [-0.25, -0.2) is 9.97 Å². The second-order valence-electron chi connectivity index (χ2n) is 15.7. The lowest BCUT2D eigenvalue weighted by Gasteiger charge is -2.10. The molecule has 0 saturated heterocycles. The standard InChI is InChI=1S/C54H29N3OS2/c1-2-12-31-27-33(22-21-30(31)11-1)50-53-51(38-17-7-10-20-46(38)60-53)56-54(55-50)57-42-18-8-5-16-37(42)49-43(57)25-24-39-48-36-15-4-3-13-34(36)40(29-44(48)58-52(39)49)32-23-26-47-41(28-32)35-14-6-9-19-45(35)59-47/h1-29H. The Bertz CT molecular complexity index is 4150. The Labute approximate surface area is 349 Å². The summed E-state index contributed by atoms with van der Waals surface area (Å²) < 4.78 is 14.3. The predicted octanol–water partition coefficient (Wildman–Crippen LogP) is 15.8. The van der Waals surface area contributed by atoms with Crippen molar-refractivity contribution < 1.29 is 4.42 Å². The van der Waals surface area contributed by atoms with Crippen molar-refractivity contribution >= 4 is 128 Å². The number of para-hydroxylation sites is 1. The highest BCUT2D eigenvalue weighted by molar-refractivity contribution is 7.26. The molecule has 0 bridgehead atoms. The molecule has 0 atom stereocenters. The van der Waals surface area contributed by atoms with Crippen molar-refractivity contribution in [3.05, 3.63) is 176 Å². The molecule has 14 aromatic rings. The van der Waals surface area contributed by atoms with Gasteiger partial charge in [-0.05, 0) is 87.3 Å². The van der Waals surface area contributed by atoms with E-state index in [0.29, 0.717) is 5.95 Å². The molecule has 0 N–H and O–H groups in total. The van der Waals surface area contributed by atoms with Crippen molar-refractivity contribution in [2.24, 2.45) is 0 Å². The van der Waals surface area contributed by atoms with Gasteiger partial charge < -0.3 is 4.42 Å². The Balaban J connectivity index is 1.05. The molecule has 4 nitrogen and oxygen atoms in total. The van der Waals surface area contributed by atoms with E-state index in [1.807, 2.05) is 11.3 Å². The van der Waals surface area contributed by atoms with Crippen molar-refractivity contribution in [3.8, 4) is 28.3 Å². The van der Waals surface area contributed by atoms with Crippen LogP contribution in [0.3, 0.4) is 0 Å². The number of aromatic nitrogens is 3. The summed E-state index contributed by atoms with van der Waals surface area (Å²) in [4.78, 5) is 10.9. The molecule has 5 heterocycles. The molecule has 0 fully saturated rings. The summed E-state index contributed by atoms with van der Waals surface area (Å²) in [7, 11) is 0. The van der Waals surface area contributed by atoms with Gasteiger partial charge >= 0.3 is 0 Å². The molecule has 0 spiro atoms. The Morgan fingerprint density at radius 2 is 1.13 bits per heavy atom. The highest BCUT2D eigenvalue weighted by atomic mass is 32.1. The summed E-state index contributed by atoms with van der Waals surface area (Å²) >= 11 is 3.61. The third-order valence-corrected chi connectivity index (χ3v) is 14.7. The zero-order chi connectivity index (χ0) is 39.1. The lowest BCUT2D eigenvalue weighted by Crippen LogP contribution is -2.02. The molecule has 6 heteroatoms. The highest BCUT2D eigenvalue weighted by Crippen LogP contribution is 2.46. The van der Waals surface area contributed by atoms with Crippen LogP contribution in [0.1, 0.15) is 0 Å². The first-order valence-corrected chi connectivity index (χ1v) is 21.8. The summed E-state index contributed by atoms with van der Waals surface area (Å²) in [6, 6.07) is 63.4. The molecule has 278 valence electrons. The van der Waals surface area contributed by atoms with Gasteiger partial charge in [0.15, 0.2) is 0 Å². The molecule has 0 unspecified atom stereocenters. The second kappa shape index (κ2) is 12.1. The number of hydrogen-bond acceptors (Lipinski definition) is 5. The fraction of sp³-hybridized carbons (Fsp3) is 0. The van der Waals surface area contributed by atoms with Gasteiger partial charge in [-0.3, -0.25) is 4.57 Å². The Morgan fingerprint density at radius 3 is 2.02 bits per heavy atom. The maximum Gasteiger partial charge on any atom is 0.235 e. The average molecular weight is 800 g/mol. The van der Waals surface area contributed by atoms with Crippen molar-refractivity contribution in [1.29, 1.82) is 0 Å². The third-order valence-electron chi connectivity index (χ3n) is 12.4. The van der Waals surface area contributed by atoms with E-state index in [2.05, 4.69) is 180 Å². The first-order valence-electron chi connectivity index (χ1n) is 20.1. The first-order chi connectivity index (χ1) is 29.7. The molecule has 60 heavy (non-hydrogen) atoms. The number of thiophene rings is 2. The van der Waals surface area contributed by atoms with Crippen LogP contribution in [0.4, 0.5) is 0 Å². The Hall–Kier alpha value is -7.38. The number of furan rings is 1. The van der Waals surface area contributed by atoms with Gasteiger partial charge in [-0.1, -0.05) is 121 Å². The molecular formula is C54H29N3OS2. The Morgan fingerprint density at radius 1 is 0.433 bits per heavy atom. The summed E-state index contributed by atoms with van der Waals surface area (Å²) in [5.74, 6) is 0.639. The normalized spacial score (nSPS) is 12.3. The molecular weight excluding hydrogens is 771 g/mol. The van der Waals surface area contributed by atoms with Crippen LogP contribution >= 0.6 is 22.7 Å². The highest BCUT2D eigenvalue weighted by Gasteiger charge is 2.24. The van der Waals surface area contributed by atoms with Gasteiger partial charge in [-0.15, -0.1) is 22.7 Å². The minimum absolute atomic E-state index is 0.639. The maximum atomic E-state index is 7.14. The van der Waals surface area contributed by atoms with Crippen LogP contribution in [0.5, 0.6) is 0 Å². The fourth-order valence-corrected chi connectivity index (χ4v) is 11.9. The van der Waals surface area contributed by atoms with Crippen molar-refractivity contribution in [1.82, 2.24) is 14.5 Å². The minimum atomic E-state index is 0.639. The number of rotatable bonds is 3. The maximum absolute atomic E-state index is 7.14. The van der Waals surface area contributed by atoms with E-state index in [0.717, 1.165) is 70.6 Å². The zero-order valence-electron chi connectivity index (χ0n) is 31.8.